The first-order valence-corrected chi connectivity index (χ1v) is 9.55. The summed E-state index contributed by atoms with van der Waals surface area (Å²) in [6, 6.07) is 12.8. The van der Waals surface area contributed by atoms with Crippen LogP contribution < -0.4 is 14.4 Å². The van der Waals surface area contributed by atoms with Crippen molar-refractivity contribution in [3.05, 3.63) is 54.1 Å². The average Bonchev–Trinajstić information content (AvgIpc) is 2.82. The van der Waals surface area contributed by atoms with Crippen LogP contribution in [0.15, 0.2) is 48.5 Å². The zero-order valence-electron chi connectivity index (χ0n) is 14.3. The number of benzene rings is 2. The van der Waals surface area contributed by atoms with E-state index in [2.05, 4.69) is 5.32 Å². The van der Waals surface area contributed by atoms with Gasteiger partial charge in [-0.2, -0.15) is 0 Å². The topological polar surface area (TPSA) is 92.8 Å². The summed E-state index contributed by atoms with van der Waals surface area (Å²) in [4.78, 5) is 24.7. The van der Waals surface area contributed by atoms with Gasteiger partial charge < -0.3 is 10.1 Å². The maximum Gasteiger partial charge on any atom is 0.255 e. The SMILES string of the molecule is COc1cccc(NC(=O)c2cccc(N3C(=O)[C@H](C)CS3(=O)=O)c2)c1. The third-order valence-corrected chi connectivity index (χ3v) is 5.90. The number of hydrogen-bond donors (Lipinski definition) is 1. The molecule has 0 radical (unpaired) electrons. The highest BCUT2D eigenvalue weighted by Gasteiger charge is 2.42. The Morgan fingerprint density at radius 3 is 2.58 bits per heavy atom. The van der Waals surface area contributed by atoms with Gasteiger partial charge >= 0.3 is 0 Å². The molecule has 1 aliphatic heterocycles. The van der Waals surface area contributed by atoms with E-state index in [1.165, 1.54) is 19.2 Å². The number of sulfonamides is 1. The molecule has 2 aromatic rings. The Morgan fingerprint density at radius 1 is 1.19 bits per heavy atom. The lowest BCUT2D eigenvalue weighted by Gasteiger charge is -2.16. The first-order valence-electron chi connectivity index (χ1n) is 7.94. The molecule has 136 valence electrons. The zero-order chi connectivity index (χ0) is 18.9. The maximum absolute atomic E-state index is 12.5. The molecule has 2 amide bonds. The van der Waals surface area contributed by atoms with Crippen LogP contribution in [0, 0.1) is 5.92 Å². The van der Waals surface area contributed by atoms with Crippen molar-refractivity contribution >= 4 is 33.2 Å². The van der Waals surface area contributed by atoms with Crippen LogP contribution >= 0.6 is 0 Å². The Kier molecular flexibility index (Phi) is 4.69. The van der Waals surface area contributed by atoms with Crippen LogP contribution in [0.1, 0.15) is 17.3 Å². The Morgan fingerprint density at radius 2 is 1.92 bits per heavy atom. The van der Waals surface area contributed by atoms with E-state index in [4.69, 9.17) is 4.74 Å². The fourth-order valence-electron chi connectivity index (χ4n) is 2.76. The molecule has 3 rings (SSSR count). The Labute approximate surface area is 151 Å². The number of hydrogen-bond acceptors (Lipinski definition) is 5. The molecule has 26 heavy (non-hydrogen) atoms. The number of carbonyl (C=O) groups excluding carboxylic acids is 2. The first-order chi connectivity index (χ1) is 12.3. The quantitative estimate of drug-likeness (QED) is 0.886. The zero-order valence-corrected chi connectivity index (χ0v) is 15.1. The molecular weight excluding hydrogens is 356 g/mol. The van der Waals surface area contributed by atoms with E-state index in [1.807, 2.05) is 0 Å². The van der Waals surface area contributed by atoms with E-state index in [0.717, 1.165) is 4.31 Å². The number of nitrogens with zero attached hydrogens (tertiary/aromatic N) is 1. The molecule has 8 heteroatoms. The Hall–Kier alpha value is -2.87. The molecule has 0 spiro atoms. The van der Waals surface area contributed by atoms with E-state index in [-0.39, 0.29) is 17.0 Å². The molecule has 2 aromatic carbocycles. The lowest BCUT2D eigenvalue weighted by molar-refractivity contribution is -0.119. The molecule has 1 fully saturated rings. The van der Waals surface area contributed by atoms with Crippen LogP contribution in [0.25, 0.3) is 0 Å². The van der Waals surface area contributed by atoms with Crippen LogP contribution in [0.3, 0.4) is 0 Å². The maximum atomic E-state index is 12.5. The van der Waals surface area contributed by atoms with E-state index in [0.29, 0.717) is 11.4 Å². The first kappa shape index (κ1) is 17.9. The molecular formula is C18H18N2O5S. The van der Waals surface area contributed by atoms with Gasteiger partial charge in [0.2, 0.25) is 15.9 Å². The molecule has 0 saturated carbocycles. The summed E-state index contributed by atoms with van der Waals surface area (Å²) in [5.41, 5.74) is 0.948. The van der Waals surface area contributed by atoms with Crippen LogP contribution in [0.2, 0.25) is 0 Å². The molecule has 1 atom stereocenters. The standard InChI is InChI=1S/C18H18N2O5S/c1-12-11-26(23,24)20(18(12)22)15-7-3-5-13(9-15)17(21)19-14-6-4-8-16(10-14)25-2/h3-10,12H,11H2,1-2H3,(H,19,21)/t12-/m1/s1. The van der Waals surface area contributed by atoms with E-state index in [1.54, 1.807) is 43.3 Å². The van der Waals surface area contributed by atoms with Gasteiger partial charge in [-0.3, -0.25) is 9.59 Å². The minimum absolute atomic E-state index is 0.164. The average molecular weight is 374 g/mol. The number of rotatable bonds is 4. The summed E-state index contributed by atoms with van der Waals surface area (Å²) in [5, 5.41) is 2.72. The van der Waals surface area contributed by atoms with Crippen molar-refractivity contribution in [2.75, 3.05) is 22.5 Å². The van der Waals surface area contributed by atoms with E-state index >= 15 is 0 Å². The Bertz CT molecular complexity index is 971. The molecule has 0 aliphatic carbocycles. The van der Waals surface area contributed by atoms with Crippen LogP contribution in [0.5, 0.6) is 5.75 Å². The summed E-state index contributed by atoms with van der Waals surface area (Å²) >= 11 is 0. The smallest absolute Gasteiger partial charge is 0.255 e. The van der Waals surface area contributed by atoms with Gasteiger partial charge in [-0.1, -0.05) is 19.1 Å². The summed E-state index contributed by atoms with van der Waals surface area (Å²) in [5.74, 6) is -1.15. The van der Waals surface area contributed by atoms with Crippen molar-refractivity contribution in [1.82, 2.24) is 0 Å². The van der Waals surface area contributed by atoms with Crippen molar-refractivity contribution in [1.29, 1.82) is 0 Å². The van der Waals surface area contributed by atoms with Gasteiger partial charge in [0.1, 0.15) is 5.75 Å². The molecule has 0 aromatic heterocycles. The van der Waals surface area contributed by atoms with Crippen molar-refractivity contribution in [2.24, 2.45) is 5.92 Å². The highest BCUT2D eigenvalue weighted by atomic mass is 32.2. The lowest BCUT2D eigenvalue weighted by atomic mass is 10.1. The molecule has 1 aliphatic rings. The summed E-state index contributed by atoms with van der Waals surface area (Å²) < 4.78 is 30.3. The number of carbonyl (C=O) groups is 2. The molecule has 1 heterocycles. The van der Waals surface area contributed by atoms with E-state index < -0.39 is 27.8 Å². The monoisotopic (exact) mass is 374 g/mol. The lowest BCUT2D eigenvalue weighted by Crippen LogP contribution is -2.30. The number of anilines is 2. The minimum atomic E-state index is -3.71. The number of nitrogens with one attached hydrogen (secondary N) is 1. The number of amides is 2. The fourth-order valence-corrected chi connectivity index (χ4v) is 4.58. The molecule has 1 saturated heterocycles. The van der Waals surface area contributed by atoms with Gasteiger partial charge in [-0.25, -0.2) is 12.7 Å². The second-order valence-electron chi connectivity index (χ2n) is 6.02. The summed E-state index contributed by atoms with van der Waals surface area (Å²) in [6.45, 7) is 1.57. The van der Waals surface area contributed by atoms with Crippen molar-refractivity contribution < 1.29 is 22.7 Å². The van der Waals surface area contributed by atoms with Gasteiger partial charge in [0, 0.05) is 17.3 Å². The van der Waals surface area contributed by atoms with Crippen molar-refractivity contribution in [3.63, 3.8) is 0 Å². The van der Waals surface area contributed by atoms with Crippen LogP contribution in [0.4, 0.5) is 11.4 Å². The van der Waals surface area contributed by atoms with Gasteiger partial charge in [0.25, 0.3) is 5.91 Å². The highest BCUT2D eigenvalue weighted by Crippen LogP contribution is 2.29. The second-order valence-corrected chi connectivity index (χ2v) is 7.88. The third kappa shape index (κ3) is 3.41. The summed E-state index contributed by atoms with van der Waals surface area (Å²) in [6.07, 6.45) is 0. The molecule has 0 bridgehead atoms. The minimum Gasteiger partial charge on any atom is -0.497 e. The predicted octanol–water partition coefficient (Wildman–Crippen LogP) is 2.26. The third-order valence-electron chi connectivity index (χ3n) is 4.03. The predicted molar refractivity (Wildman–Crippen MR) is 97.8 cm³/mol. The molecule has 7 nitrogen and oxygen atoms in total. The van der Waals surface area contributed by atoms with E-state index in [9.17, 15) is 18.0 Å². The van der Waals surface area contributed by atoms with Crippen LogP contribution in [-0.4, -0.2) is 33.1 Å². The summed E-state index contributed by atoms with van der Waals surface area (Å²) in [7, 11) is -2.19. The van der Waals surface area contributed by atoms with Gasteiger partial charge in [0.05, 0.1) is 24.5 Å². The van der Waals surface area contributed by atoms with Crippen molar-refractivity contribution in [2.45, 2.75) is 6.92 Å². The van der Waals surface area contributed by atoms with Crippen LogP contribution in [-0.2, 0) is 14.8 Å². The number of ether oxygens (including phenoxy) is 1. The van der Waals surface area contributed by atoms with Gasteiger partial charge in [-0.05, 0) is 30.3 Å². The second kappa shape index (κ2) is 6.80. The number of methoxy groups -OCH3 is 1. The van der Waals surface area contributed by atoms with Crippen molar-refractivity contribution in [3.8, 4) is 5.75 Å². The van der Waals surface area contributed by atoms with Gasteiger partial charge in [-0.15, -0.1) is 0 Å². The van der Waals surface area contributed by atoms with Gasteiger partial charge in [0.15, 0.2) is 0 Å². The Balaban J connectivity index is 1.87. The molecule has 0 unspecified atom stereocenters. The fraction of sp³-hybridized carbons (Fsp3) is 0.222. The highest BCUT2D eigenvalue weighted by molar-refractivity contribution is 7.94. The molecule has 1 N–H and O–H groups in total. The largest absolute Gasteiger partial charge is 0.497 e. The normalized spacial score (nSPS) is 18.6.